The van der Waals surface area contributed by atoms with E-state index in [1.54, 1.807) is 0 Å². The Kier molecular flexibility index (Phi) is 6.69. The molecule has 1 aliphatic heterocycles. The summed E-state index contributed by atoms with van der Waals surface area (Å²) >= 11 is 0. The van der Waals surface area contributed by atoms with Crippen LogP contribution < -0.4 is 0 Å². The molecule has 1 aromatic carbocycles. The van der Waals surface area contributed by atoms with Gasteiger partial charge in [0.2, 0.25) is 0 Å². The number of rotatable bonds is 5. The monoisotopic (exact) mass is 360 g/mol. The maximum atomic E-state index is 9.06. The average molecular weight is 361 g/mol. The van der Waals surface area contributed by atoms with Crippen molar-refractivity contribution in [1.82, 2.24) is 4.90 Å². The number of likely N-dealkylation sites (tertiary alicyclic amines) is 1. The van der Waals surface area contributed by atoms with E-state index in [4.69, 9.17) is 9.96 Å². The highest BCUT2D eigenvalue weighted by Crippen LogP contribution is 2.38. The van der Waals surface area contributed by atoms with Crippen LogP contribution in [0.15, 0.2) is 35.4 Å². The first-order valence-corrected chi connectivity index (χ1v) is 12.1. The molecule has 1 saturated heterocycles. The second-order valence-electron chi connectivity index (χ2n) is 8.55. The van der Waals surface area contributed by atoms with Gasteiger partial charge in [-0.1, -0.05) is 56.2 Å². The zero-order chi connectivity index (χ0) is 18.5. The van der Waals surface area contributed by atoms with Crippen LogP contribution in [0.4, 0.5) is 0 Å². The molecule has 138 valence electrons. The Balaban J connectivity index is 2.11. The third kappa shape index (κ3) is 5.58. The number of benzene rings is 1. The molecule has 0 bridgehead atoms. The van der Waals surface area contributed by atoms with Gasteiger partial charge in [-0.15, -0.1) is 0 Å². The van der Waals surface area contributed by atoms with Gasteiger partial charge >= 0.3 is 0 Å². The molecule has 6 heteroatoms. The molecular weight excluding hydrogens is 328 g/mol. The molecule has 1 aliphatic rings. The van der Waals surface area contributed by atoms with Crippen molar-refractivity contribution < 1.29 is 4.43 Å². The minimum atomic E-state index is -1.88. The van der Waals surface area contributed by atoms with E-state index in [9.17, 15) is 0 Å². The van der Waals surface area contributed by atoms with E-state index in [-0.39, 0.29) is 17.2 Å². The maximum Gasteiger partial charge on any atom is 0.192 e. The van der Waals surface area contributed by atoms with Crippen molar-refractivity contribution in [3.05, 3.63) is 46.3 Å². The molecule has 1 fully saturated rings. The normalized spacial score (nSPS) is 22.9. The molecular formula is C19H32N4OSi. The summed E-state index contributed by atoms with van der Waals surface area (Å²) in [5, 5.41) is 4.28. The van der Waals surface area contributed by atoms with Crippen molar-refractivity contribution in [3.63, 3.8) is 0 Å². The third-order valence-electron chi connectivity index (χ3n) is 5.54. The second kappa shape index (κ2) is 8.36. The molecule has 0 saturated carbocycles. The maximum absolute atomic E-state index is 9.06. The van der Waals surface area contributed by atoms with Gasteiger partial charge in [0, 0.05) is 18.0 Å². The number of azide groups is 1. The summed E-state index contributed by atoms with van der Waals surface area (Å²) in [5.41, 5.74) is 10.4. The standard InChI is InChI=1S/C19H32N4OSi/c1-19(2,3)25(4,5)24-18-12-9-13-23(15-17(18)21-22-20)14-16-10-7-6-8-11-16/h6-8,10-11,17-18H,9,12-15H2,1-5H3/t17-,18-/m1/s1. The highest BCUT2D eigenvalue weighted by Gasteiger charge is 2.41. The molecule has 0 unspecified atom stereocenters. The fourth-order valence-electron chi connectivity index (χ4n) is 3.04. The SMILES string of the molecule is CC(C)(C)[Si](C)(C)O[C@@H]1CCCN(Cc2ccccc2)C[C@H]1N=[N+]=[N-]. The largest absolute Gasteiger partial charge is 0.413 e. The van der Waals surface area contributed by atoms with Crippen molar-refractivity contribution >= 4 is 8.32 Å². The van der Waals surface area contributed by atoms with Gasteiger partial charge < -0.3 is 4.43 Å². The molecule has 0 N–H and O–H groups in total. The van der Waals surface area contributed by atoms with Crippen molar-refractivity contribution in [2.24, 2.45) is 5.11 Å². The molecule has 1 heterocycles. The van der Waals surface area contributed by atoms with Crippen molar-refractivity contribution in [3.8, 4) is 0 Å². The average Bonchev–Trinajstić information content (AvgIpc) is 2.70. The van der Waals surface area contributed by atoms with E-state index in [1.165, 1.54) is 5.56 Å². The lowest BCUT2D eigenvalue weighted by molar-refractivity contribution is 0.139. The van der Waals surface area contributed by atoms with E-state index in [1.807, 2.05) is 6.07 Å². The van der Waals surface area contributed by atoms with Crippen LogP contribution in [0, 0.1) is 0 Å². The molecule has 0 radical (unpaired) electrons. The van der Waals surface area contributed by atoms with Gasteiger partial charge in [-0.2, -0.15) is 0 Å². The summed E-state index contributed by atoms with van der Waals surface area (Å²) in [6.45, 7) is 14.0. The van der Waals surface area contributed by atoms with Crippen molar-refractivity contribution in [2.75, 3.05) is 13.1 Å². The first-order valence-electron chi connectivity index (χ1n) is 9.21. The van der Waals surface area contributed by atoms with Crippen LogP contribution >= 0.6 is 0 Å². The molecule has 2 rings (SSSR count). The van der Waals surface area contributed by atoms with Crippen molar-refractivity contribution in [1.29, 1.82) is 0 Å². The third-order valence-corrected chi connectivity index (χ3v) is 10.0. The summed E-state index contributed by atoms with van der Waals surface area (Å²) in [6, 6.07) is 10.4. The molecule has 2 atom stereocenters. The zero-order valence-corrected chi connectivity index (χ0v) is 17.3. The lowest BCUT2D eigenvalue weighted by Crippen LogP contribution is -2.47. The smallest absolute Gasteiger partial charge is 0.192 e. The Morgan fingerprint density at radius 3 is 2.56 bits per heavy atom. The Morgan fingerprint density at radius 2 is 1.96 bits per heavy atom. The van der Waals surface area contributed by atoms with Gasteiger partial charge in [0.15, 0.2) is 8.32 Å². The summed E-state index contributed by atoms with van der Waals surface area (Å²) in [7, 11) is -1.88. The fourth-order valence-corrected chi connectivity index (χ4v) is 4.42. The zero-order valence-electron chi connectivity index (χ0n) is 16.3. The number of hydrogen-bond acceptors (Lipinski definition) is 3. The lowest BCUT2D eigenvalue weighted by Gasteiger charge is -2.40. The summed E-state index contributed by atoms with van der Waals surface area (Å²) in [4.78, 5) is 5.51. The van der Waals surface area contributed by atoms with Gasteiger partial charge in [-0.05, 0) is 48.6 Å². The summed E-state index contributed by atoms with van der Waals surface area (Å²) < 4.78 is 6.63. The molecule has 0 amide bonds. The molecule has 0 spiro atoms. The Bertz CT molecular complexity index is 593. The second-order valence-corrected chi connectivity index (χ2v) is 13.3. The Morgan fingerprint density at radius 1 is 1.28 bits per heavy atom. The van der Waals surface area contributed by atoms with Crippen LogP contribution in [0.1, 0.15) is 39.2 Å². The fraction of sp³-hybridized carbons (Fsp3) is 0.684. The molecule has 0 aliphatic carbocycles. The van der Waals surface area contributed by atoms with E-state index < -0.39 is 8.32 Å². The highest BCUT2D eigenvalue weighted by molar-refractivity contribution is 6.74. The quantitative estimate of drug-likeness (QED) is 0.307. The highest BCUT2D eigenvalue weighted by atomic mass is 28.4. The first-order chi connectivity index (χ1) is 11.7. The summed E-state index contributed by atoms with van der Waals surface area (Å²) in [5.74, 6) is 0. The molecule has 1 aromatic rings. The van der Waals surface area contributed by atoms with Gasteiger partial charge in [0.05, 0.1) is 12.1 Å². The summed E-state index contributed by atoms with van der Waals surface area (Å²) in [6.07, 6.45) is 2.06. The molecule has 0 aromatic heterocycles. The molecule has 5 nitrogen and oxygen atoms in total. The Labute approximate surface area is 153 Å². The predicted molar refractivity (Wildman–Crippen MR) is 106 cm³/mol. The van der Waals surface area contributed by atoms with Gasteiger partial charge in [-0.3, -0.25) is 4.90 Å². The van der Waals surface area contributed by atoms with Crippen LogP contribution in [0.2, 0.25) is 18.1 Å². The van der Waals surface area contributed by atoms with E-state index >= 15 is 0 Å². The van der Waals surface area contributed by atoms with Crippen LogP contribution in [0.5, 0.6) is 0 Å². The van der Waals surface area contributed by atoms with Crippen LogP contribution in [-0.4, -0.2) is 38.5 Å². The van der Waals surface area contributed by atoms with Crippen molar-refractivity contribution in [2.45, 2.75) is 70.4 Å². The van der Waals surface area contributed by atoms with Gasteiger partial charge in [0.1, 0.15) is 0 Å². The lowest BCUT2D eigenvalue weighted by atomic mass is 10.1. The minimum Gasteiger partial charge on any atom is -0.413 e. The first kappa shape index (κ1) is 20.0. The number of nitrogens with zero attached hydrogens (tertiary/aromatic N) is 4. The van der Waals surface area contributed by atoms with Crippen LogP contribution in [-0.2, 0) is 11.0 Å². The van der Waals surface area contributed by atoms with E-state index in [0.717, 1.165) is 32.5 Å². The van der Waals surface area contributed by atoms with Gasteiger partial charge in [-0.25, -0.2) is 0 Å². The van der Waals surface area contributed by atoms with E-state index in [2.05, 4.69) is 73.1 Å². The topological polar surface area (TPSA) is 61.2 Å². The Hall–Kier alpha value is -1.33. The van der Waals surface area contributed by atoms with E-state index in [0.29, 0.717) is 0 Å². The predicted octanol–water partition coefficient (Wildman–Crippen LogP) is 5.35. The minimum absolute atomic E-state index is 0.0255. The molecule has 25 heavy (non-hydrogen) atoms. The number of hydrogen-bond donors (Lipinski definition) is 0. The van der Waals surface area contributed by atoms with Crippen LogP contribution in [0.25, 0.3) is 10.4 Å². The van der Waals surface area contributed by atoms with Crippen LogP contribution in [0.3, 0.4) is 0 Å². The van der Waals surface area contributed by atoms with Gasteiger partial charge in [0.25, 0.3) is 0 Å².